The Morgan fingerprint density at radius 2 is 1.72 bits per heavy atom. The molecular weight excluding hydrogens is 230 g/mol. The van der Waals surface area contributed by atoms with E-state index in [1.54, 1.807) is 24.3 Å². The van der Waals surface area contributed by atoms with E-state index in [1.807, 2.05) is 26.8 Å². The van der Waals surface area contributed by atoms with Crippen LogP contribution in [0.3, 0.4) is 0 Å². The molecule has 0 aromatic heterocycles. The van der Waals surface area contributed by atoms with Gasteiger partial charge in [0, 0.05) is 0 Å². The van der Waals surface area contributed by atoms with Crippen LogP contribution < -0.4 is 15.8 Å². The first-order chi connectivity index (χ1) is 8.41. The number of hydrogen-bond donors (Lipinski definition) is 2. The Hall–Kier alpha value is -1.88. The summed E-state index contributed by atoms with van der Waals surface area (Å²) in [6, 6.07) is 8.01. The number of nitrogens with zero attached hydrogens (tertiary/aromatic N) is 1. The fraction of sp³-hybridized carbons (Fsp3) is 0.385. The quantitative estimate of drug-likeness (QED) is 0.793. The van der Waals surface area contributed by atoms with Gasteiger partial charge in [0.15, 0.2) is 0 Å². The Kier molecular flexibility index (Phi) is 3.09. The predicted molar refractivity (Wildman–Crippen MR) is 68.8 cm³/mol. The molecule has 1 fully saturated rings. The average Bonchev–Trinajstić information content (AvgIpc) is 2.28. The fourth-order valence-electron chi connectivity index (χ4n) is 1.89. The molecule has 0 saturated carbocycles. The van der Waals surface area contributed by atoms with Gasteiger partial charge in [-0.05, 0) is 17.5 Å². The third-order valence-electron chi connectivity index (χ3n) is 2.87. The average molecular weight is 247 g/mol. The van der Waals surface area contributed by atoms with Crippen LogP contribution in [0.1, 0.15) is 20.8 Å². The van der Waals surface area contributed by atoms with Crippen LogP contribution in [0.2, 0.25) is 0 Å². The maximum Gasteiger partial charge on any atom is 0.343 e. The summed E-state index contributed by atoms with van der Waals surface area (Å²) >= 11 is 0. The van der Waals surface area contributed by atoms with Crippen LogP contribution in [-0.2, 0) is 4.79 Å². The van der Waals surface area contributed by atoms with Crippen LogP contribution in [0.5, 0.6) is 0 Å². The zero-order valence-corrected chi connectivity index (χ0v) is 10.7. The largest absolute Gasteiger partial charge is 0.343 e. The summed E-state index contributed by atoms with van der Waals surface area (Å²) in [5.74, 6) is -0.238. The van der Waals surface area contributed by atoms with Gasteiger partial charge in [0.2, 0.25) is 0 Å². The fourth-order valence-corrected chi connectivity index (χ4v) is 1.89. The minimum Gasteiger partial charge on any atom is -0.272 e. The van der Waals surface area contributed by atoms with E-state index in [-0.39, 0.29) is 11.3 Å². The molecule has 1 aromatic rings. The molecule has 2 N–H and O–H groups in total. The Balaban J connectivity index is 2.34. The first-order valence-electron chi connectivity index (χ1n) is 5.86. The molecule has 3 amide bonds. The molecule has 0 aliphatic carbocycles. The zero-order valence-electron chi connectivity index (χ0n) is 10.7. The molecule has 96 valence electrons. The minimum atomic E-state index is -0.452. The number of para-hydroxylation sites is 1. The molecule has 1 saturated heterocycles. The van der Waals surface area contributed by atoms with Gasteiger partial charge in [-0.2, -0.15) is 0 Å². The monoisotopic (exact) mass is 247 g/mol. The predicted octanol–water partition coefficient (Wildman–Crippen LogP) is 1.66. The van der Waals surface area contributed by atoms with E-state index in [4.69, 9.17) is 0 Å². The summed E-state index contributed by atoms with van der Waals surface area (Å²) in [7, 11) is 0. The Morgan fingerprint density at radius 1 is 1.11 bits per heavy atom. The molecule has 1 unspecified atom stereocenters. The number of rotatable bonds is 1. The maximum absolute atomic E-state index is 12.4. The van der Waals surface area contributed by atoms with Crippen molar-refractivity contribution < 1.29 is 9.59 Å². The van der Waals surface area contributed by atoms with Crippen LogP contribution in [0, 0.1) is 5.41 Å². The molecule has 0 radical (unpaired) electrons. The lowest BCUT2D eigenvalue weighted by Gasteiger charge is -2.38. The molecule has 5 heteroatoms. The Bertz CT molecular complexity index is 465. The van der Waals surface area contributed by atoms with E-state index in [1.165, 1.54) is 4.90 Å². The Morgan fingerprint density at radius 3 is 2.28 bits per heavy atom. The van der Waals surface area contributed by atoms with Crippen LogP contribution in [0.15, 0.2) is 30.3 Å². The van der Waals surface area contributed by atoms with Crippen molar-refractivity contribution in [3.8, 4) is 0 Å². The number of anilines is 1. The van der Waals surface area contributed by atoms with E-state index >= 15 is 0 Å². The first-order valence-corrected chi connectivity index (χ1v) is 5.86. The minimum absolute atomic E-state index is 0.238. The highest BCUT2D eigenvalue weighted by Crippen LogP contribution is 2.25. The lowest BCUT2D eigenvalue weighted by molar-refractivity contribution is -0.123. The van der Waals surface area contributed by atoms with Gasteiger partial charge in [-0.25, -0.2) is 15.1 Å². The number of benzene rings is 1. The van der Waals surface area contributed by atoms with Crippen molar-refractivity contribution in [2.45, 2.75) is 26.8 Å². The van der Waals surface area contributed by atoms with Gasteiger partial charge in [0.25, 0.3) is 5.91 Å². The Labute approximate surface area is 106 Å². The van der Waals surface area contributed by atoms with Gasteiger partial charge in [0.05, 0.1) is 5.69 Å². The summed E-state index contributed by atoms with van der Waals surface area (Å²) in [6.45, 7) is 5.84. The number of carbonyl (C=O) groups excluding carboxylic acids is 2. The van der Waals surface area contributed by atoms with Crippen LogP contribution in [0.4, 0.5) is 10.5 Å². The van der Waals surface area contributed by atoms with Gasteiger partial charge in [0.1, 0.15) is 6.04 Å². The summed E-state index contributed by atoms with van der Waals surface area (Å²) in [5.41, 5.74) is 5.60. The van der Waals surface area contributed by atoms with E-state index in [0.29, 0.717) is 5.69 Å². The van der Waals surface area contributed by atoms with Crippen molar-refractivity contribution in [1.82, 2.24) is 10.9 Å². The van der Waals surface area contributed by atoms with Crippen LogP contribution >= 0.6 is 0 Å². The second-order valence-corrected chi connectivity index (χ2v) is 5.38. The molecule has 1 heterocycles. The SMILES string of the molecule is CC(C)(C)C1NNC(=O)N(c2ccccc2)C1=O. The summed E-state index contributed by atoms with van der Waals surface area (Å²) < 4.78 is 0. The molecular formula is C13H17N3O2. The second-order valence-electron chi connectivity index (χ2n) is 5.38. The van der Waals surface area contributed by atoms with Crippen molar-refractivity contribution in [3.05, 3.63) is 30.3 Å². The number of urea groups is 1. The summed E-state index contributed by atoms with van der Waals surface area (Å²) in [5, 5.41) is 0. The number of amides is 3. The maximum atomic E-state index is 12.4. The molecule has 1 atom stereocenters. The molecule has 0 bridgehead atoms. The van der Waals surface area contributed by atoms with Gasteiger partial charge in [-0.1, -0.05) is 39.0 Å². The van der Waals surface area contributed by atoms with Crippen molar-refractivity contribution in [2.24, 2.45) is 5.41 Å². The molecule has 2 rings (SSSR count). The van der Waals surface area contributed by atoms with E-state index in [0.717, 1.165) is 0 Å². The van der Waals surface area contributed by atoms with Gasteiger partial charge in [-0.3, -0.25) is 10.2 Å². The molecule has 18 heavy (non-hydrogen) atoms. The van der Waals surface area contributed by atoms with Crippen molar-refractivity contribution in [1.29, 1.82) is 0 Å². The lowest BCUT2D eigenvalue weighted by atomic mass is 9.86. The number of imide groups is 1. The van der Waals surface area contributed by atoms with Gasteiger partial charge in [-0.15, -0.1) is 0 Å². The summed E-state index contributed by atoms with van der Waals surface area (Å²) in [4.78, 5) is 25.4. The van der Waals surface area contributed by atoms with E-state index in [2.05, 4.69) is 10.9 Å². The lowest BCUT2D eigenvalue weighted by Crippen LogP contribution is -2.67. The van der Waals surface area contributed by atoms with Crippen molar-refractivity contribution in [2.75, 3.05) is 4.90 Å². The van der Waals surface area contributed by atoms with Crippen molar-refractivity contribution >= 4 is 17.6 Å². The number of carbonyl (C=O) groups is 2. The second kappa shape index (κ2) is 4.42. The third kappa shape index (κ3) is 2.22. The molecule has 1 aliphatic rings. The molecule has 1 aromatic carbocycles. The van der Waals surface area contributed by atoms with Gasteiger partial charge >= 0.3 is 6.03 Å². The zero-order chi connectivity index (χ0) is 13.3. The number of nitrogens with one attached hydrogen (secondary N) is 2. The van der Waals surface area contributed by atoms with Crippen LogP contribution in [0.25, 0.3) is 0 Å². The highest BCUT2D eigenvalue weighted by molar-refractivity contribution is 6.17. The van der Waals surface area contributed by atoms with Crippen molar-refractivity contribution in [3.63, 3.8) is 0 Å². The number of hydrogen-bond acceptors (Lipinski definition) is 3. The normalized spacial score (nSPS) is 20.8. The standard InChI is InChI=1S/C13H17N3O2/c1-13(2,3)10-11(17)16(12(18)15-14-10)9-7-5-4-6-8-9/h4-8,10,14H,1-3H3,(H,15,18). The van der Waals surface area contributed by atoms with Crippen LogP contribution in [-0.4, -0.2) is 18.0 Å². The van der Waals surface area contributed by atoms with E-state index < -0.39 is 12.1 Å². The third-order valence-corrected chi connectivity index (χ3v) is 2.87. The van der Waals surface area contributed by atoms with E-state index in [9.17, 15) is 9.59 Å². The number of hydrazine groups is 1. The highest BCUT2D eigenvalue weighted by Gasteiger charge is 2.41. The topological polar surface area (TPSA) is 61.4 Å². The first kappa shape index (κ1) is 12.6. The molecule has 1 aliphatic heterocycles. The summed E-state index contributed by atoms with van der Waals surface area (Å²) in [6.07, 6.45) is 0. The molecule has 0 spiro atoms. The smallest absolute Gasteiger partial charge is 0.272 e. The highest BCUT2D eigenvalue weighted by atomic mass is 16.2. The van der Waals surface area contributed by atoms with Gasteiger partial charge < -0.3 is 0 Å². The molecule has 5 nitrogen and oxygen atoms in total.